The van der Waals surface area contributed by atoms with Gasteiger partial charge in [0, 0.05) is 24.2 Å². The highest BCUT2D eigenvalue weighted by Crippen LogP contribution is 2.49. The maximum atomic E-state index is 5.47. The molecular formula is C18H27NO2. The van der Waals surface area contributed by atoms with E-state index in [0.717, 1.165) is 35.8 Å². The predicted octanol–water partition coefficient (Wildman–Crippen LogP) is 3.62. The minimum Gasteiger partial charge on any atom is -0.497 e. The first-order valence-electron chi connectivity index (χ1n) is 8.15. The van der Waals surface area contributed by atoms with Crippen molar-refractivity contribution < 1.29 is 9.47 Å². The van der Waals surface area contributed by atoms with Crippen molar-refractivity contribution in [1.82, 2.24) is 5.32 Å². The molecule has 0 spiro atoms. The third-order valence-electron chi connectivity index (χ3n) is 5.54. The number of hydrogen-bond donors (Lipinski definition) is 1. The van der Waals surface area contributed by atoms with Crippen LogP contribution in [-0.4, -0.2) is 20.3 Å². The molecule has 1 N–H and O–H groups in total. The second-order valence-corrected chi connectivity index (χ2v) is 6.69. The van der Waals surface area contributed by atoms with Crippen LogP contribution in [0.15, 0.2) is 18.2 Å². The molecule has 0 amide bonds. The van der Waals surface area contributed by atoms with Crippen molar-refractivity contribution in [3.05, 3.63) is 23.8 Å². The number of benzene rings is 1. The van der Waals surface area contributed by atoms with Gasteiger partial charge in [-0.1, -0.05) is 12.5 Å². The molecule has 1 aromatic carbocycles. The van der Waals surface area contributed by atoms with Gasteiger partial charge >= 0.3 is 0 Å². The SMILES string of the molecule is COc1ccc(CNC(C)C2CC3CCC2C3)c(OC)c1. The smallest absolute Gasteiger partial charge is 0.127 e. The highest BCUT2D eigenvalue weighted by atomic mass is 16.5. The van der Waals surface area contributed by atoms with Crippen LogP contribution in [-0.2, 0) is 6.54 Å². The fourth-order valence-electron chi connectivity index (χ4n) is 4.33. The number of fused-ring (bicyclic) bond motifs is 2. The fourth-order valence-corrected chi connectivity index (χ4v) is 4.33. The first-order chi connectivity index (χ1) is 10.2. The first-order valence-corrected chi connectivity index (χ1v) is 8.15. The second kappa shape index (κ2) is 6.27. The van der Waals surface area contributed by atoms with Gasteiger partial charge in [0.1, 0.15) is 11.5 Å². The highest BCUT2D eigenvalue weighted by Gasteiger charge is 2.41. The molecule has 4 unspecified atom stereocenters. The summed E-state index contributed by atoms with van der Waals surface area (Å²) in [5, 5.41) is 3.72. The van der Waals surface area contributed by atoms with E-state index >= 15 is 0 Å². The Balaban J connectivity index is 1.59. The predicted molar refractivity (Wildman–Crippen MR) is 84.8 cm³/mol. The third kappa shape index (κ3) is 3.03. The van der Waals surface area contributed by atoms with Gasteiger partial charge in [-0.2, -0.15) is 0 Å². The summed E-state index contributed by atoms with van der Waals surface area (Å²) < 4.78 is 10.7. The van der Waals surface area contributed by atoms with Gasteiger partial charge in [0.05, 0.1) is 14.2 Å². The number of methoxy groups -OCH3 is 2. The van der Waals surface area contributed by atoms with Gasteiger partial charge in [-0.3, -0.25) is 0 Å². The van der Waals surface area contributed by atoms with Gasteiger partial charge < -0.3 is 14.8 Å². The molecule has 3 heteroatoms. The van der Waals surface area contributed by atoms with Crippen molar-refractivity contribution in [3.63, 3.8) is 0 Å². The Labute approximate surface area is 128 Å². The molecule has 4 atom stereocenters. The molecule has 0 heterocycles. The third-order valence-corrected chi connectivity index (χ3v) is 5.54. The molecule has 2 bridgehead atoms. The first kappa shape index (κ1) is 14.7. The van der Waals surface area contributed by atoms with Crippen LogP contribution in [0.3, 0.4) is 0 Å². The lowest BCUT2D eigenvalue weighted by Crippen LogP contribution is -2.35. The van der Waals surface area contributed by atoms with E-state index in [9.17, 15) is 0 Å². The Kier molecular flexibility index (Phi) is 4.39. The van der Waals surface area contributed by atoms with Crippen LogP contribution in [0, 0.1) is 17.8 Å². The van der Waals surface area contributed by atoms with E-state index in [0.29, 0.717) is 6.04 Å². The summed E-state index contributed by atoms with van der Waals surface area (Å²) >= 11 is 0. The molecule has 0 saturated heterocycles. The number of ether oxygens (including phenoxy) is 2. The summed E-state index contributed by atoms with van der Waals surface area (Å²) in [6.07, 6.45) is 5.83. The molecule has 0 radical (unpaired) electrons. The van der Waals surface area contributed by atoms with E-state index in [1.54, 1.807) is 14.2 Å². The number of hydrogen-bond acceptors (Lipinski definition) is 3. The van der Waals surface area contributed by atoms with Crippen LogP contribution in [0.4, 0.5) is 0 Å². The van der Waals surface area contributed by atoms with Crippen molar-refractivity contribution in [2.45, 2.75) is 45.2 Å². The second-order valence-electron chi connectivity index (χ2n) is 6.69. The molecule has 21 heavy (non-hydrogen) atoms. The molecule has 116 valence electrons. The molecule has 3 rings (SSSR count). The molecule has 2 fully saturated rings. The van der Waals surface area contributed by atoms with Gasteiger partial charge in [-0.15, -0.1) is 0 Å². The Hall–Kier alpha value is -1.22. The molecule has 0 aromatic heterocycles. The Morgan fingerprint density at radius 3 is 2.67 bits per heavy atom. The summed E-state index contributed by atoms with van der Waals surface area (Å²) in [5.74, 6) is 4.60. The minimum absolute atomic E-state index is 0.590. The van der Waals surface area contributed by atoms with E-state index in [2.05, 4.69) is 18.3 Å². The van der Waals surface area contributed by atoms with Crippen molar-refractivity contribution in [1.29, 1.82) is 0 Å². The lowest BCUT2D eigenvalue weighted by molar-refractivity contribution is 0.258. The Morgan fingerprint density at radius 1 is 1.19 bits per heavy atom. The maximum Gasteiger partial charge on any atom is 0.127 e. The number of nitrogens with one attached hydrogen (secondary N) is 1. The molecule has 1 aromatic rings. The zero-order valence-electron chi connectivity index (χ0n) is 13.4. The Morgan fingerprint density at radius 2 is 2.05 bits per heavy atom. The van der Waals surface area contributed by atoms with Crippen molar-refractivity contribution in [3.8, 4) is 11.5 Å². The van der Waals surface area contributed by atoms with Gasteiger partial charge in [-0.25, -0.2) is 0 Å². The number of rotatable bonds is 6. The maximum absolute atomic E-state index is 5.47. The molecule has 2 saturated carbocycles. The summed E-state index contributed by atoms with van der Waals surface area (Å²) in [6.45, 7) is 3.21. The normalized spacial score (nSPS) is 28.6. The lowest BCUT2D eigenvalue weighted by Gasteiger charge is -2.29. The largest absolute Gasteiger partial charge is 0.497 e. The van der Waals surface area contributed by atoms with Crippen LogP contribution in [0.25, 0.3) is 0 Å². The summed E-state index contributed by atoms with van der Waals surface area (Å²) in [4.78, 5) is 0. The standard InChI is InChI=1S/C18H27NO2/c1-12(17-9-13-4-5-14(17)8-13)19-11-15-6-7-16(20-2)10-18(15)21-3/h6-7,10,12-14,17,19H,4-5,8-9,11H2,1-3H3. The van der Waals surface area contributed by atoms with Gasteiger partial charge in [0.25, 0.3) is 0 Å². The minimum atomic E-state index is 0.590. The van der Waals surface area contributed by atoms with Crippen molar-refractivity contribution >= 4 is 0 Å². The van der Waals surface area contributed by atoms with Crippen LogP contribution >= 0.6 is 0 Å². The van der Waals surface area contributed by atoms with E-state index in [4.69, 9.17) is 9.47 Å². The molecular weight excluding hydrogens is 262 g/mol. The summed E-state index contributed by atoms with van der Waals surface area (Å²) in [6, 6.07) is 6.64. The van der Waals surface area contributed by atoms with E-state index < -0.39 is 0 Å². The van der Waals surface area contributed by atoms with Gasteiger partial charge in [0.15, 0.2) is 0 Å². The summed E-state index contributed by atoms with van der Waals surface area (Å²) in [5.41, 5.74) is 1.20. The van der Waals surface area contributed by atoms with E-state index in [1.807, 2.05) is 12.1 Å². The zero-order valence-corrected chi connectivity index (χ0v) is 13.4. The highest BCUT2D eigenvalue weighted by molar-refractivity contribution is 5.40. The summed E-state index contributed by atoms with van der Waals surface area (Å²) in [7, 11) is 3.40. The average Bonchev–Trinajstić information content (AvgIpc) is 3.15. The Bertz CT molecular complexity index is 488. The van der Waals surface area contributed by atoms with E-state index in [1.165, 1.54) is 31.2 Å². The molecule has 2 aliphatic rings. The van der Waals surface area contributed by atoms with Crippen LogP contribution in [0.5, 0.6) is 11.5 Å². The van der Waals surface area contributed by atoms with Gasteiger partial charge in [-0.05, 0) is 50.0 Å². The fraction of sp³-hybridized carbons (Fsp3) is 0.667. The van der Waals surface area contributed by atoms with E-state index in [-0.39, 0.29) is 0 Å². The van der Waals surface area contributed by atoms with Gasteiger partial charge in [0.2, 0.25) is 0 Å². The average molecular weight is 289 g/mol. The van der Waals surface area contributed by atoms with Crippen LogP contribution in [0.1, 0.15) is 38.2 Å². The monoisotopic (exact) mass is 289 g/mol. The quantitative estimate of drug-likeness (QED) is 0.867. The van der Waals surface area contributed by atoms with Crippen LogP contribution < -0.4 is 14.8 Å². The molecule has 3 nitrogen and oxygen atoms in total. The van der Waals surface area contributed by atoms with Crippen molar-refractivity contribution in [2.75, 3.05) is 14.2 Å². The topological polar surface area (TPSA) is 30.5 Å². The lowest BCUT2D eigenvalue weighted by atomic mass is 9.84. The molecule has 2 aliphatic carbocycles. The molecule has 0 aliphatic heterocycles. The zero-order chi connectivity index (χ0) is 14.8. The van der Waals surface area contributed by atoms with Crippen LogP contribution in [0.2, 0.25) is 0 Å². The van der Waals surface area contributed by atoms with Crippen molar-refractivity contribution in [2.24, 2.45) is 17.8 Å².